The summed E-state index contributed by atoms with van der Waals surface area (Å²) in [6, 6.07) is 6.14. The van der Waals surface area contributed by atoms with Crippen LogP contribution in [0.2, 0.25) is 0 Å². The number of amides is 1. The molecule has 1 rings (SSSR count). The van der Waals surface area contributed by atoms with Crippen LogP contribution in [0.4, 0.5) is 4.39 Å². The Balaban J connectivity index is 2.61. The second-order valence-corrected chi connectivity index (χ2v) is 4.53. The van der Waals surface area contributed by atoms with Gasteiger partial charge in [0.2, 0.25) is 5.91 Å². The van der Waals surface area contributed by atoms with Gasteiger partial charge in [0.15, 0.2) is 0 Å². The molecule has 5 nitrogen and oxygen atoms in total. The van der Waals surface area contributed by atoms with Crippen molar-refractivity contribution in [2.24, 2.45) is 5.73 Å². The Morgan fingerprint density at radius 3 is 2.80 bits per heavy atom. The second-order valence-electron chi connectivity index (χ2n) is 4.53. The van der Waals surface area contributed by atoms with Gasteiger partial charge in [-0.05, 0) is 13.1 Å². The van der Waals surface area contributed by atoms with E-state index in [1.54, 1.807) is 37.3 Å². The number of nitrogens with zero attached hydrogens (tertiary/aromatic N) is 1. The summed E-state index contributed by atoms with van der Waals surface area (Å²) < 4.78 is 18.6. The van der Waals surface area contributed by atoms with Gasteiger partial charge in [-0.25, -0.2) is 4.39 Å². The number of nitrogens with one attached hydrogen (secondary N) is 1. The minimum absolute atomic E-state index is 0.140. The molecular weight excluding hydrogens is 261 g/mol. The molecule has 0 radical (unpaired) electrons. The maximum atomic E-state index is 13.8. The van der Waals surface area contributed by atoms with Crippen LogP contribution in [0, 0.1) is 5.82 Å². The highest BCUT2D eigenvalue weighted by molar-refractivity contribution is 5.78. The van der Waals surface area contributed by atoms with Gasteiger partial charge in [-0.15, -0.1) is 0 Å². The molecule has 0 aliphatic rings. The normalized spacial score (nSPS) is 12.4. The number of nitrogens with two attached hydrogens (primary N) is 1. The van der Waals surface area contributed by atoms with E-state index in [0.29, 0.717) is 18.7 Å². The highest BCUT2D eigenvalue weighted by Crippen LogP contribution is 2.20. The summed E-state index contributed by atoms with van der Waals surface area (Å²) in [7, 11) is 3.32. The van der Waals surface area contributed by atoms with Gasteiger partial charge in [0, 0.05) is 25.8 Å². The average molecular weight is 283 g/mol. The molecule has 0 aromatic heterocycles. The molecule has 0 bridgehead atoms. The summed E-state index contributed by atoms with van der Waals surface area (Å²) in [5.74, 6) is -0.450. The molecule has 1 atom stereocenters. The molecule has 1 aromatic rings. The molecule has 0 aliphatic heterocycles. The number of hydrogen-bond acceptors (Lipinski definition) is 4. The van der Waals surface area contributed by atoms with Crippen LogP contribution in [0.5, 0.6) is 0 Å². The number of carbonyl (C=O) groups is 1. The third-order valence-corrected chi connectivity index (χ3v) is 3.04. The van der Waals surface area contributed by atoms with Gasteiger partial charge >= 0.3 is 0 Å². The van der Waals surface area contributed by atoms with Crippen LogP contribution in [0.25, 0.3) is 0 Å². The van der Waals surface area contributed by atoms with E-state index < -0.39 is 0 Å². The fourth-order valence-electron chi connectivity index (χ4n) is 1.97. The quantitative estimate of drug-likeness (QED) is 0.683. The highest BCUT2D eigenvalue weighted by Gasteiger charge is 2.20. The second kappa shape index (κ2) is 8.63. The molecular formula is C14H22FN3O2. The molecule has 3 N–H and O–H groups in total. The van der Waals surface area contributed by atoms with Gasteiger partial charge in [0.05, 0.1) is 19.2 Å². The molecule has 0 fully saturated rings. The third-order valence-electron chi connectivity index (χ3n) is 3.04. The van der Waals surface area contributed by atoms with Crippen molar-refractivity contribution in [2.45, 2.75) is 6.04 Å². The van der Waals surface area contributed by atoms with Crippen LogP contribution in [0.3, 0.4) is 0 Å². The van der Waals surface area contributed by atoms with Crippen LogP contribution in [-0.4, -0.2) is 51.2 Å². The number of halogens is 1. The van der Waals surface area contributed by atoms with E-state index in [0.717, 1.165) is 0 Å². The Morgan fingerprint density at radius 1 is 1.50 bits per heavy atom. The Hall–Kier alpha value is -1.50. The van der Waals surface area contributed by atoms with Crippen LogP contribution in [0.1, 0.15) is 11.6 Å². The number of hydrogen-bond donors (Lipinski definition) is 2. The van der Waals surface area contributed by atoms with Crippen LogP contribution in [-0.2, 0) is 9.53 Å². The fourth-order valence-corrected chi connectivity index (χ4v) is 1.97. The summed E-state index contributed by atoms with van der Waals surface area (Å²) in [4.78, 5) is 13.5. The maximum absolute atomic E-state index is 13.8. The lowest BCUT2D eigenvalue weighted by molar-refractivity contribution is -0.122. The first-order chi connectivity index (χ1) is 9.60. The molecule has 1 amide bonds. The van der Waals surface area contributed by atoms with Crippen molar-refractivity contribution >= 4 is 5.91 Å². The Morgan fingerprint density at radius 2 is 2.20 bits per heavy atom. The van der Waals surface area contributed by atoms with Gasteiger partial charge in [-0.1, -0.05) is 18.2 Å². The first kappa shape index (κ1) is 16.6. The zero-order chi connectivity index (χ0) is 15.0. The lowest BCUT2D eigenvalue weighted by atomic mass is 10.1. The Labute approximate surface area is 118 Å². The standard InChI is InChI=1S/C14H22FN3O2/c1-18(10-14(19)17-7-8-20-2)13(9-16)11-5-3-4-6-12(11)15/h3-6,13H,7-10,16H2,1-2H3,(H,17,19). The van der Waals surface area contributed by atoms with E-state index in [4.69, 9.17) is 10.5 Å². The lowest BCUT2D eigenvalue weighted by Crippen LogP contribution is -2.40. The van der Waals surface area contributed by atoms with E-state index in [1.807, 2.05) is 0 Å². The summed E-state index contributed by atoms with van der Waals surface area (Å²) in [5, 5.41) is 2.72. The van der Waals surface area contributed by atoms with Crippen molar-refractivity contribution in [3.63, 3.8) is 0 Å². The van der Waals surface area contributed by atoms with E-state index in [9.17, 15) is 9.18 Å². The Kier molecular flexibility index (Phi) is 7.14. The van der Waals surface area contributed by atoms with E-state index in [2.05, 4.69) is 5.32 Å². The third kappa shape index (κ3) is 4.88. The predicted molar refractivity (Wildman–Crippen MR) is 75.7 cm³/mol. The van der Waals surface area contributed by atoms with E-state index >= 15 is 0 Å². The monoisotopic (exact) mass is 283 g/mol. The number of likely N-dealkylation sites (N-methyl/N-ethyl adjacent to an activating group) is 1. The zero-order valence-corrected chi connectivity index (χ0v) is 11.9. The van der Waals surface area contributed by atoms with Gasteiger partial charge in [-0.2, -0.15) is 0 Å². The minimum atomic E-state index is -0.329. The van der Waals surface area contributed by atoms with E-state index in [-0.39, 0.29) is 30.9 Å². The number of carbonyl (C=O) groups excluding carboxylic acids is 1. The number of benzene rings is 1. The largest absolute Gasteiger partial charge is 0.383 e. The van der Waals surface area contributed by atoms with Gasteiger partial charge in [0.25, 0.3) is 0 Å². The molecule has 0 saturated carbocycles. The lowest BCUT2D eigenvalue weighted by Gasteiger charge is -2.27. The maximum Gasteiger partial charge on any atom is 0.234 e. The first-order valence-corrected chi connectivity index (χ1v) is 6.50. The first-order valence-electron chi connectivity index (χ1n) is 6.50. The SMILES string of the molecule is COCCNC(=O)CN(C)C(CN)c1ccccc1F. The van der Waals surface area contributed by atoms with Gasteiger partial charge < -0.3 is 15.8 Å². The molecule has 112 valence electrons. The summed E-state index contributed by atoms with van der Waals surface area (Å²) in [5.41, 5.74) is 6.21. The van der Waals surface area contributed by atoms with Gasteiger partial charge in [-0.3, -0.25) is 9.69 Å². The highest BCUT2D eigenvalue weighted by atomic mass is 19.1. The van der Waals surface area contributed by atoms with Crippen LogP contribution < -0.4 is 11.1 Å². The van der Waals surface area contributed by atoms with Crippen molar-refractivity contribution < 1.29 is 13.9 Å². The summed E-state index contributed by atoms with van der Waals surface area (Å²) >= 11 is 0. The Bertz CT molecular complexity index is 429. The summed E-state index contributed by atoms with van der Waals surface area (Å²) in [6.45, 7) is 1.31. The van der Waals surface area contributed by atoms with Crippen molar-refractivity contribution in [2.75, 3.05) is 40.4 Å². The van der Waals surface area contributed by atoms with Crippen molar-refractivity contribution in [3.8, 4) is 0 Å². The summed E-state index contributed by atoms with van der Waals surface area (Å²) in [6.07, 6.45) is 0. The van der Waals surface area contributed by atoms with Crippen molar-refractivity contribution in [3.05, 3.63) is 35.6 Å². The number of rotatable bonds is 8. The van der Waals surface area contributed by atoms with Crippen LogP contribution in [0.15, 0.2) is 24.3 Å². The minimum Gasteiger partial charge on any atom is -0.383 e. The molecule has 0 heterocycles. The molecule has 1 aromatic carbocycles. The van der Waals surface area contributed by atoms with Crippen molar-refractivity contribution in [1.29, 1.82) is 0 Å². The van der Waals surface area contributed by atoms with Crippen LogP contribution >= 0.6 is 0 Å². The number of methoxy groups -OCH3 is 1. The molecule has 20 heavy (non-hydrogen) atoms. The molecule has 0 saturated heterocycles. The number of ether oxygens (including phenoxy) is 1. The smallest absolute Gasteiger partial charge is 0.234 e. The van der Waals surface area contributed by atoms with Gasteiger partial charge in [0.1, 0.15) is 5.82 Å². The predicted octanol–water partition coefficient (Wildman–Crippen LogP) is 0.520. The molecule has 1 unspecified atom stereocenters. The average Bonchev–Trinajstić information content (AvgIpc) is 2.42. The topological polar surface area (TPSA) is 67.6 Å². The van der Waals surface area contributed by atoms with Crippen molar-refractivity contribution in [1.82, 2.24) is 10.2 Å². The van der Waals surface area contributed by atoms with E-state index in [1.165, 1.54) is 6.07 Å². The molecule has 6 heteroatoms. The molecule has 0 spiro atoms. The molecule has 0 aliphatic carbocycles. The zero-order valence-electron chi connectivity index (χ0n) is 11.9. The fraction of sp³-hybridized carbons (Fsp3) is 0.500.